The molecule has 120 valence electrons. The lowest BCUT2D eigenvalue weighted by Gasteiger charge is -2.26. The molecule has 1 aliphatic heterocycles. The van der Waals surface area contributed by atoms with Gasteiger partial charge in [0, 0.05) is 31.9 Å². The van der Waals surface area contributed by atoms with Crippen molar-refractivity contribution in [1.82, 2.24) is 4.90 Å². The Labute approximate surface area is 121 Å². The van der Waals surface area contributed by atoms with Crippen molar-refractivity contribution in [3.63, 3.8) is 0 Å². The van der Waals surface area contributed by atoms with Crippen molar-refractivity contribution in [3.05, 3.63) is 29.8 Å². The number of anilines is 1. The largest absolute Gasteiger partial charge is 0.416 e. The van der Waals surface area contributed by atoms with Gasteiger partial charge in [0.05, 0.1) is 26.0 Å². The van der Waals surface area contributed by atoms with E-state index in [0.717, 1.165) is 45.0 Å². The molecule has 2 rings (SSSR count). The Morgan fingerprint density at radius 2 is 1.86 bits per heavy atom. The van der Waals surface area contributed by atoms with Crippen LogP contribution in [0.1, 0.15) is 5.56 Å². The third-order valence-corrected chi connectivity index (χ3v) is 3.05. The Kier molecular flexibility index (Phi) is 7.45. The molecule has 0 aromatic heterocycles. The van der Waals surface area contributed by atoms with Crippen LogP contribution in [0.25, 0.3) is 0 Å². The fourth-order valence-corrected chi connectivity index (χ4v) is 1.99. The van der Waals surface area contributed by atoms with E-state index < -0.39 is 11.7 Å². The van der Waals surface area contributed by atoms with Crippen LogP contribution in [0.15, 0.2) is 24.3 Å². The summed E-state index contributed by atoms with van der Waals surface area (Å²) in [6.45, 7) is 4.64. The van der Waals surface area contributed by atoms with Gasteiger partial charge in [0.15, 0.2) is 0 Å². The van der Waals surface area contributed by atoms with Gasteiger partial charge in [-0.05, 0) is 18.2 Å². The van der Waals surface area contributed by atoms with Gasteiger partial charge in [-0.25, -0.2) is 0 Å². The van der Waals surface area contributed by atoms with Crippen LogP contribution in [0.3, 0.4) is 0 Å². The van der Waals surface area contributed by atoms with Crippen LogP contribution in [0, 0.1) is 0 Å². The van der Waals surface area contributed by atoms with Gasteiger partial charge in [0.25, 0.3) is 0 Å². The van der Waals surface area contributed by atoms with Gasteiger partial charge in [-0.3, -0.25) is 9.29 Å². The maximum absolute atomic E-state index is 12.5. The molecule has 0 unspecified atom stereocenters. The van der Waals surface area contributed by atoms with Crippen molar-refractivity contribution in [1.29, 1.82) is 0 Å². The van der Waals surface area contributed by atoms with E-state index in [2.05, 4.69) is 10.2 Å². The highest BCUT2D eigenvalue weighted by Crippen LogP contribution is 2.30. The summed E-state index contributed by atoms with van der Waals surface area (Å²) in [5.41, 5.74) is -0.119. The molecule has 0 radical (unpaired) electrons. The summed E-state index contributed by atoms with van der Waals surface area (Å²) in [5.74, 6) is 0. The van der Waals surface area contributed by atoms with E-state index in [1.807, 2.05) is 0 Å². The normalized spacial score (nSPS) is 16.0. The summed E-state index contributed by atoms with van der Waals surface area (Å²) in [4.78, 5) is 2.23. The lowest BCUT2D eigenvalue weighted by molar-refractivity contribution is -0.137. The second-order valence-electron chi connectivity index (χ2n) is 4.46. The molecule has 0 saturated carbocycles. The van der Waals surface area contributed by atoms with Gasteiger partial charge >= 0.3 is 6.18 Å². The molecule has 0 amide bonds. The van der Waals surface area contributed by atoms with Crippen LogP contribution in [-0.4, -0.2) is 51.5 Å². The molecule has 0 aliphatic carbocycles. The highest BCUT2D eigenvalue weighted by atomic mass is 19.4. The first kappa shape index (κ1) is 17.7. The molecule has 1 N–H and O–H groups in total. The third-order valence-electron chi connectivity index (χ3n) is 3.05. The van der Waals surface area contributed by atoms with E-state index in [9.17, 15) is 17.6 Å². The Balaban J connectivity index is 0.00000106. The summed E-state index contributed by atoms with van der Waals surface area (Å²) in [6.07, 6.45) is -4.29. The van der Waals surface area contributed by atoms with Crippen LogP contribution < -0.4 is 5.32 Å². The molecule has 1 aliphatic rings. The van der Waals surface area contributed by atoms with Crippen LogP contribution in [0.4, 0.5) is 23.2 Å². The number of benzene rings is 1. The average molecular weight is 308 g/mol. The highest BCUT2D eigenvalue weighted by molar-refractivity contribution is 5.46. The first-order valence-electron chi connectivity index (χ1n) is 6.65. The Hall–Kier alpha value is -1.34. The van der Waals surface area contributed by atoms with Crippen molar-refractivity contribution in [3.8, 4) is 0 Å². The molecule has 1 saturated heterocycles. The highest BCUT2D eigenvalue weighted by Gasteiger charge is 2.30. The third kappa shape index (κ3) is 6.31. The Morgan fingerprint density at radius 3 is 2.48 bits per heavy atom. The lowest BCUT2D eigenvalue weighted by atomic mass is 10.2. The predicted octanol–water partition coefficient (Wildman–Crippen LogP) is 3.04. The van der Waals surface area contributed by atoms with Crippen molar-refractivity contribution in [2.75, 3.05) is 51.9 Å². The van der Waals surface area contributed by atoms with E-state index in [-0.39, 0.29) is 0 Å². The summed E-state index contributed by atoms with van der Waals surface area (Å²) >= 11 is 0. The fourth-order valence-electron chi connectivity index (χ4n) is 1.99. The molecular weight excluding hydrogens is 288 g/mol. The minimum absolute atomic E-state index is 0.500. The topological polar surface area (TPSA) is 24.5 Å². The van der Waals surface area contributed by atoms with Gasteiger partial charge in [-0.1, -0.05) is 6.07 Å². The summed E-state index contributed by atoms with van der Waals surface area (Å²) in [6, 6.07) is 5.28. The van der Waals surface area contributed by atoms with Crippen LogP contribution >= 0.6 is 0 Å². The predicted molar refractivity (Wildman–Crippen MR) is 74.2 cm³/mol. The fraction of sp³-hybridized carbons (Fsp3) is 0.571. The summed E-state index contributed by atoms with van der Waals surface area (Å²) < 4.78 is 52.3. The van der Waals surface area contributed by atoms with Crippen LogP contribution in [-0.2, 0) is 10.9 Å². The van der Waals surface area contributed by atoms with Gasteiger partial charge < -0.3 is 10.1 Å². The molecule has 1 aromatic rings. The van der Waals surface area contributed by atoms with Gasteiger partial charge in [-0.15, -0.1) is 0 Å². The molecule has 1 fully saturated rings. The molecule has 21 heavy (non-hydrogen) atoms. The monoisotopic (exact) mass is 308 g/mol. The van der Waals surface area contributed by atoms with Crippen molar-refractivity contribution in [2.45, 2.75) is 6.18 Å². The lowest BCUT2D eigenvalue weighted by Crippen LogP contribution is -2.39. The zero-order chi connectivity index (χ0) is 15.7. The minimum atomic E-state index is -4.29. The molecule has 0 atom stereocenters. The number of hydrogen-bond acceptors (Lipinski definition) is 3. The van der Waals surface area contributed by atoms with E-state index >= 15 is 0 Å². The molecule has 1 aromatic carbocycles. The van der Waals surface area contributed by atoms with Crippen molar-refractivity contribution < 1.29 is 22.3 Å². The molecular formula is C14H20F4N2O. The number of ether oxygens (including phenoxy) is 1. The number of nitrogens with zero attached hydrogens (tertiary/aromatic N) is 1. The Morgan fingerprint density at radius 1 is 1.19 bits per heavy atom. The summed E-state index contributed by atoms with van der Waals surface area (Å²) in [5, 5.41) is 3.02. The van der Waals surface area contributed by atoms with E-state index in [1.54, 1.807) is 6.07 Å². The zero-order valence-corrected chi connectivity index (χ0v) is 11.9. The number of halogens is 4. The van der Waals surface area contributed by atoms with Gasteiger partial charge in [0.2, 0.25) is 0 Å². The first-order valence-corrected chi connectivity index (χ1v) is 6.65. The van der Waals surface area contributed by atoms with Crippen molar-refractivity contribution in [2.24, 2.45) is 0 Å². The number of alkyl halides is 4. The molecule has 3 nitrogen and oxygen atoms in total. The molecule has 0 spiro atoms. The average Bonchev–Trinajstić information content (AvgIpc) is 2.50. The number of nitrogens with one attached hydrogen (secondary N) is 1. The maximum atomic E-state index is 12.5. The molecule has 0 bridgehead atoms. The zero-order valence-electron chi connectivity index (χ0n) is 11.9. The SMILES string of the molecule is CF.FC(F)(F)c1cccc(NCCN2CCOCC2)c1. The quantitative estimate of drug-likeness (QED) is 0.865. The van der Waals surface area contributed by atoms with Gasteiger partial charge in [0.1, 0.15) is 0 Å². The second-order valence-corrected chi connectivity index (χ2v) is 4.46. The number of rotatable bonds is 4. The van der Waals surface area contributed by atoms with Crippen molar-refractivity contribution >= 4 is 5.69 Å². The number of hydrogen-bond donors (Lipinski definition) is 1. The van der Waals surface area contributed by atoms with Gasteiger partial charge in [-0.2, -0.15) is 13.2 Å². The molecule has 1 heterocycles. The van der Waals surface area contributed by atoms with Crippen LogP contribution in [0.5, 0.6) is 0 Å². The minimum Gasteiger partial charge on any atom is -0.384 e. The first-order chi connectivity index (χ1) is 10.1. The smallest absolute Gasteiger partial charge is 0.384 e. The van der Waals surface area contributed by atoms with Crippen LogP contribution in [0.2, 0.25) is 0 Å². The summed E-state index contributed by atoms with van der Waals surface area (Å²) in [7, 11) is 0.500. The number of morpholine rings is 1. The molecule has 7 heteroatoms. The van der Waals surface area contributed by atoms with E-state index in [1.165, 1.54) is 6.07 Å². The standard InChI is InChI=1S/C13H17F3N2O.CH3F/c14-13(15,16)11-2-1-3-12(10-11)17-4-5-18-6-8-19-9-7-18;1-2/h1-3,10,17H,4-9H2;1H3. The maximum Gasteiger partial charge on any atom is 0.416 e. The Bertz CT molecular complexity index is 406. The van der Waals surface area contributed by atoms with E-state index in [4.69, 9.17) is 4.74 Å². The second kappa shape index (κ2) is 8.84. The van der Waals surface area contributed by atoms with E-state index in [0.29, 0.717) is 19.4 Å².